The van der Waals surface area contributed by atoms with Crippen molar-refractivity contribution in [1.29, 1.82) is 0 Å². The summed E-state index contributed by atoms with van der Waals surface area (Å²) in [5.74, 6) is 1.03. The van der Waals surface area contributed by atoms with Crippen LogP contribution in [0.3, 0.4) is 0 Å². The minimum absolute atomic E-state index is 0.131. The number of rotatable bonds is 4. The van der Waals surface area contributed by atoms with Gasteiger partial charge in [0.25, 0.3) is 0 Å². The van der Waals surface area contributed by atoms with E-state index >= 15 is 0 Å². The lowest BCUT2D eigenvalue weighted by Crippen LogP contribution is -2.43. The summed E-state index contributed by atoms with van der Waals surface area (Å²) in [7, 11) is 0. The van der Waals surface area contributed by atoms with Gasteiger partial charge in [-0.1, -0.05) is 6.07 Å². The van der Waals surface area contributed by atoms with Crippen LogP contribution in [0.2, 0.25) is 0 Å². The number of hydrogen-bond acceptors (Lipinski definition) is 4. The summed E-state index contributed by atoms with van der Waals surface area (Å²) < 4.78 is 30.8. The zero-order chi connectivity index (χ0) is 15.5. The molecule has 1 aliphatic heterocycles. The number of piperazine rings is 1. The lowest BCUT2D eigenvalue weighted by Gasteiger charge is -2.27. The van der Waals surface area contributed by atoms with Crippen LogP contribution in [-0.2, 0) is 0 Å². The number of nitrogens with one attached hydrogen (secondary N) is 1. The molecule has 1 aromatic carbocycles. The Bertz CT molecular complexity index is 638. The maximum Gasteiger partial charge on any atom is 0.387 e. The van der Waals surface area contributed by atoms with Crippen LogP contribution >= 0.6 is 0 Å². The molecule has 3 rings (SSSR count). The molecule has 118 valence electrons. The number of ether oxygens (including phenoxy) is 1. The number of aryl methyl sites for hydroxylation is 1. The third-order valence-electron chi connectivity index (χ3n) is 3.60. The average Bonchev–Trinajstić information content (AvgIpc) is 2.90. The molecule has 7 heteroatoms. The van der Waals surface area contributed by atoms with E-state index in [9.17, 15) is 8.78 Å². The second kappa shape index (κ2) is 6.31. The van der Waals surface area contributed by atoms with Crippen molar-refractivity contribution < 1.29 is 13.5 Å². The van der Waals surface area contributed by atoms with Crippen LogP contribution in [0, 0.1) is 6.92 Å². The fraction of sp³-hybridized carbons (Fsp3) is 0.400. The van der Waals surface area contributed by atoms with Gasteiger partial charge in [0.15, 0.2) is 5.82 Å². The van der Waals surface area contributed by atoms with Crippen molar-refractivity contribution in [3.63, 3.8) is 0 Å². The molecule has 2 heterocycles. The quantitative estimate of drug-likeness (QED) is 0.940. The molecule has 2 aromatic rings. The van der Waals surface area contributed by atoms with Gasteiger partial charge in [-0.25, -0.2) is 4.68 Å². The van der Waals surface area contributed by atoms with Gasteiger partial charge in [0, 0.05) is 44.0 Å². The van der Waals surface area contributed by atoms with Crippen molar-refractivity contribution in [2.24, 2.45) is 0 Å². The minimum atomic E-state index is -2.83. The topological polar surface area (TPSA) is 42.3 Å². The van der Waals surface area contributed by atoms with Gasteiger partial charge < -0.3 is 15.0 Å². The summed E-state index contributed by atoms with van der Waals surface area (Å²) in [6, 6.07) is 8.57. The van der Waals surface area contributed by atoms with E-state index in [1.54, 1.807) is 16.8 Å². The summed E-state index contributed by atoms with van der Waals surface area (Å²) in [6.07, 6.45) is 0. The smallest absolute Gasteiger partial charge is 0.387 e. The molecule has 1 N–H and O–H groups in total. The Morgan fingerprint density at radius 3 is 2.73 bits per heavy atom. The Morgan fingerprint density at radius 1 is 1.23 bits per heavy atom. The Labute approximate surface area is 127 Å². The molecule has 22 heavy (non-hydrogen) atoms. The van der Waals surface area contributed by atoms with Crippen molar-refractivity contribution in [1.82, 2.24) is 15.1 Å². The van der Waals surface area contributed by atoms with E-state index in [1.165, 1.54) is 6.07 Å². The molecule has 1 aliphatic rings. The molecule has 0 bridgehead atoms. The molecule has 0 aliphatic carbocycles. The van der Waals surface area contributed by atoms with E-state index < -0.39 is 6.61 Å². The first kappa shape index (κ1) is 14.8. The predicted octanol–water partition coefficient (Wildman–Crippen LogP) is 2.19. The van der Waals surface area contributed by atoms with Crippen molar-refractivity contribution in [3.8, 4) is 11.4 Å². The summed E-state index contributed by atoms with van der Waals surface area (Å²) in [4.78, 5) is 2.21. The van der Waals surface area contributed by atoms with Crippen LogP contribution < -0.4 is 15.0 Å². The van der Waals surface area contributed by atoms with E-state index in [2.05, 4.69) is 20.1 Å². The second-order valence-electron chi connectivity index (χ2n) is 5.17. The zero-order valence-electron chi connectivity index (χ0n) is 12.3. The van der Waals surface area contributed by atoms with Gasteiger partial charge in [-0.2, -0.15) is 13.9 Å². The number of halogens is 2. The van der Waals surface area contributed by atoms with Gasteiger partial charge in [0.2, 0.25) is 0 Å². The first-order valence-electron chi connectivity index (χ1n) is 7.21. The van der Waals surface area contributed by atoms with Crippen molar-refractivity contribution in [3.05, 3.63) is 36.0 Å². The Kier molecular flexibility index (Phi) is 4.24. The number of hydrogen-bond donors (Lipinski definition) is 1. The highest BCUT2D eigenvalue weighted by Crippen LogP contribution is 2.22. The highest BCUT2D eigenvalue weighted by molar-refractivity contribution is 5.46. The molecule has 0 unspecified atom stereocenters. The predicted molar refractivity (Wildman–Crippen MR) is 80.0 cm³/mol. The molecule has 0 atom stereocenters. The number of alkyl halides is 2. The maximum atomic E-state index is 12.3. The minimum Gasteiger partial charge on any atom is -0.435 e. The normalized spacial score (nSPS) is 15.4. The molecular weight excluding hydrogens is 290 g/mol. The monoisotopic (exact) mass is 308 g/mol. The molecule has 0 amide bonds. The van der Waals surface area contributed by atoms with E-state index in [4.69, 9.17) is 0 Å². The fourth-order valence-electron chi connectivity index (χ4n) is 2.56. The molecule has 1 fully saturated rings. The Hall–Kier alpha value is -2.15. The number of nitrogens with zero attached hydrogens (tertiary/aromatic N) is 3. The third-order valence-corrected chi connectivity index (χ3v) is 3.60. The van der Waals surface area contributed by atoms with E-state index in [1.807, 2.05) is 19.1 Å². The largest absolute Gasteiger partial charge is 0.435 e. The van der Waals surface area contributed by atoms with Crippen LogP contribution in [-0.4, -0.2) is 42.6 Å². The molecule has 0 radical (unpaired) electrons. The van der Waals surface area contributed by atoms with Crippen molar-refractivity contribution in [2.75, 3.05) is 31.1 Å². The van der Waals surface area contributed by atoms with Crippen LogP contribution in [0.1, 0.15) is 5.69 Å². The lowest BCUT2D eigenvalue weighted by molar-refractivity contribution is -0.0498. The Balaban J connectivity index is 1.86. The molecule has 0 saturated carbocycles. The number of anilines is 1. The van der Waals surface area contributed by atoms with E-state index in [0.29, 0.717) is 5.69 Å². The third kappa shape index (κ3) is 3.19. The first-order chi connectivity index (χ1) is 10.6. The van der Waals surface area contributed by atoms with Gasteiger partial charge in [-0.3, -0.25) is 0 Å². The van der Waals surface area contributed by atoms with Crippen molar-refractivity contribution in [2.45, 2.75) is 13.5 Å². The standard InChI is InChI=1S/C15H18F2N4O/c1-11-9-14(20-7-5-18-6-8-20)19-21(11)12-3-2-4-13(10-12)22-15(16)17/h2-4,9-10,15,18H,5-8H2,1H3. The average molecular weight is 308 g/mol. The van der Waals surface area contributed by atoms with Gasteiger partial charge in [-0.05, 0) is 19.1 Å². The van der Waals surface area contributed by atoms with Gasteiger partial charge >= 0.3 is 6.61 Å². The van der Waals surface area contributed by atoms with E-state index in [-0.39, 0.29) is 5.75 Å². The molecule has 1 saturated heterocycles. The van der Waals surface area contributed by atoms with E-state index in [0.717, 1.165) is 37.7 Å². The highest BCUT2D eigenvalue weighted by atomic mass is 19.3. The fourth-order valence-corrected chi connectivity index (χ4v) is 2.56. The second-order valence-corrected chi connectivity index (χ2v) is 5.17. The SMILES string of the molecule is Cc1cc(N2CCNCC2)nn1-c1cccc(OC(F)F)c1. The molecular formula is C15H18F2N4O. The van der Waals surface area contributed by atoms with Crippen molar-refractivity contribution >= 4 is 5.82 Å². The summed E-state index contributed by atoms with van der Waals surface area (Å²) in [5, 5.41) is 7.90. The number of benzene rings is 1. The highest BCUT2D eigenvalue weighted by Gasteiger charge is 2.15. The summed E-state index contributed by atoms with van der Waals surface area (Å²) in [6.45, 7) is 2.80. The molecule has 1 aromatic heterocycles. The van der Waals surface area contributed by atoms with Crippen LogP contribution in [0.4, 0.5) is 14.6 Å². The Morgan fingerprint density at radius 2 is 2.00 bits per heavy atom. The summed E-state index contributed by atoms with van der Waals surface area (Å²) in [5.41, 5.74) is 1.65. The molecule has 5 nitrogen and oxygen atoms in total. The first-order valence-corrected chi connectivity index (χ1v) is 7.21. The van der Waals surface area contributed by atoms with Crippen LogP contribution in [0.25, 0.3) is 5.69 Å². The zero-order valence-corrected chi connectivity index (χ0v) is 12.3. The number of aromatic nitrogens is 2. The van der Waals surface area contributed by atoms with Gasteiger partial charge in [0.05, 0.1) is 5.69 Å². The van der Waals surface area contributed by atoms with Gasteiger partial charge in [0.1, 0.15) is 5.75 Å². The molecule has 0 spiro atoms. The van der Waals surface area contributed by atoms with Crippen LogP contribution in [0.5, 0.6) is 5.75 Å². The van der Waals surface area contributed by atoms with Gasteiger partial charge in [-0.15, -0.1) is 0 Å². The summed E-state index contributed by atoms with van der Waals surface area (Å²) >= 11 is 0. The van der Waals surface area contributed by atoms with Crippen LogP contribution in [0.15, 0.2) is 30.3 Å². The lowest BCUT2D eigenvalue weighted by atomic mass is 10.3. The maximum absolute atomic E-state index is 12.3.